The van der Waals surface area contributed by atoms with Crippen molar-refractivity contribution in [1.82, 2.24) is 19.6 Å². The van der Waals surface area contributed by atoms with Gasteiger partial charge in [-0.15, -0.1) is 0 Å². The highest BCUT2D eigenvalue weighted by Crippen LogP contribution is 2.32. The lowest BCUT2D eigenvalue weighted by Gasteiger charge is -2.36. The summed E-state index contributed by atoms with van der Waals surface area (Å²) >= 11 is 0. The first kappa shape index (κ1) is 12.6. The quantitative estimate of drug-likeness (QED) is 0.760. The molecular weight excluding hydrogens is 268 g/mol. The highest BCUT2D eigenvalue weighted by molar-refractivity contribution is 5.64. The van der Waals surface area contributed by atoms with E-state index in [1.807, 2.05) is 11.4 Å². The van der Waals surface area contributed by atoms with Crippen LogP contribution in [0.1, 0.15) is 16.8 Å². The molecule has 0 N–H and O–H groups in total. The van der Waals surface area contributed by atoms with Crippen molar-refractivity contribution in [2.75, 3.05) is 37.9 Å². The second kappa shape index (κ2) is 4.69. The van der Waals surface area contributed by atoms with Crippen molar-refractivity contribution in [1.29, 1.82) is 5.26 Å². The normalized spacial score (nSPS) is 19.0. The van der Waals surface area contributed by atoms with Gasteiger partial charge in [-0.2, -0.15) is 14.9 Å². The molecule has 21 heavy (non-hydrogen) atoms. The van der Waals surface area contributed by atoms with Crippen LogP contribution in [0.3, 0.4) is 0 Å². The number of nitrogens with zero attached hydrogens (tertiary/aromatic N) is 6. The van der Waals surface area contributed by atoms with E-state index >= 15 is 0 Å². The zero-order chi connectivity index (χ0) is 14.4. The van der Waals surface area contributed by atoms with Gasteiger partial charge in [0.05, 0.1) is 19.4 Å². The maximum Gasteiger partial charge on any atom is 0.175 e. The summed E-state index contributed by atoms with van der Waals surface area (Å²) in [5.41, 5.74) is 3.38. The van der Waals surface area contributed by atoms with Crippen molar-refractivity contribution in [2.24, 2.45) is 0 Å². The van der Waals surface area contributed by atoms with Gasteiger partial charge in [-0.1, -0.05) is 0 Å². The fourth-order valence-corrected chi connectivity index (χ4v) is 3.15. The molecule has 2 aromatic rings. The van der Waals surface area contributed by atoms with Crippen molar-refractivity contribution < 1.29 is 4.74 Å². The Labute approximate surface area is 122 Å². The summed E-state index contributed by atoms with van der Waals surface area (Å²) in [7, 11) is 0. The summed E-state index contributed by atoms with van der Waals surface area (Å²) in [6.07, 6.45) is 2.56. The van der Waals surface area contributed by atoms with Crippen LogP contribution in [0.5, 0.6) is 0 Å². The van der Waals surface area contributed by atoms with E-state index in [0.29, 0.717) is 11.2 Å². The zero-order valence-corrected chi connectivity index (χ0v) is 11.9. The van der Waals surface area contributed by atoms with Crippen molar-refractivity contribution in [3.05, 3.63) is 23.0 Å². The van der Waals surface area contributed by atoms with E-state index in [0.717, 1.165) is 50.8 Å². The van der Waals surface area contributed by atoms with E-state index in [1.165, 1.54) is 5.56 Å². The Morgan fingerprint density at radius 3 is 2.86 bits per heavy atom. The molecule has 0 bridgehead atoms. The van der Waals surface area contributed by atoms with Gasteiger partial charge >= 0.3 is 0 Å². The fraction of sp³-hybridized carbons (Fsp3) is 0.500. The van der Waals surface area contributed by atoms with Gasteiger partial charge in [0.1, 0.15) is 11.6 Å². The average Bonchev–Trinajstić information content (AvgIpc) is 3.11. The highest BCUT2D eigenvalue weighted by atomic mass is 16.5. The molecule has 1 fully saturated rings. The van der Waals surface area contributed by atoms with Gasteiger partial charge < -0.3 is 4.74 Å². The number of aromatic nitrogens is 3. The van der Waals surface area contributed by atoms with Crippen LogP contribution in [0.4, 0.5) is 5.82 Å². The molecule has 4 heterocycles. The van der Waals surface area contributed by atoms with Gasteiger partial charge in [-0.05, 0) is 13.3 Å². The fourth-order valence-electron chi connectivity index (χ4n) is 3.15. The first-order chi connectivity index (χ1) is 10.3. The van der Waals surface area contributed by atoms with E-state index in [9.17, 15) is 5.26 Å². The molecule has 0 radical (unpaired) electrons. The second-order valence-electron chi connectivity index (χ2n) is 5.34. The van der Waals surface area contributed by atoms with E-state index in [-0.39, 0.29) is 0 Å². The van der Waals surface area contributed by atoms with E-state index in [2.05, 4.69) is 26.2 Å². The van der Waals surface area contributed by atoms with Gasteiger partial charge in [-0.25, -0.2) is 9.99 Å². The molecule has 2 aromatic heterocycles. The van der Waals surface area contributed by atoms with Crippen LogP contribution in [-0.2, 0) is 11.2 Å². The summed E-state index contributed by atoms with van der Waals surface area (Å²) in [6, 6.07) is 2.16. The highest BCUT2D eigenvalue weighted by Gasteiger charge is 2.31. The third-order valence-electron chi connectivity index (χ3n) is 4.19. The summed E-state index contributed by atoms with van der Waals surface area (Å²) < 4.78 is 7.24. The molecular formula is C14H16N6O. The Morgan fingerprint density at radius 2 is 2.10 bits per heavy atom. The van der Waals surface area contributed by atoms with Crippen molar-refractivity contribution in [3.8, 4) is 6.07 Å². The van der Waals surface area contributed by atoms with Crippen molar-refractivity contribution in [3.63, 3.8) is 0 Å². The summed E-state index contributed by atoms with van der Waals surface area (Å²) in [5, 5.41) is 18.2. The molecule has 7 heteroatoms. The Morgan fingerprint density at radius 1 is 1.29 bits per heavy atom. The van der Waals surface area contributed by atoms with E-state index < -0.39 is 0 Å². The maximum atomic E-state index is 9.19. The van der Waals surface area contributed by atoms with Gasteiger partial charge in [0.2, 0.25) is 0 Å². The summed E-state index contributed by atoms with van der Waals surface area (Å²) in [5.74, 6) is 1.06. The van der Waals surface area contributed by atoms with Crippen LogP contribution < -0.4 is 5.01 Å². The number of anilines is 1. The van der Waals surface area contributed by atoms with Crippen LogP contribution in [0.15, 0.2) is 6.20 Å². The van der Waals surface area contributed by atoms with E-state index in [4.69, 9.17) is 4.74 Å². The molecule has 0 aliphatic carbocycles. The maximum absolute atomic E-state index is 9.19. The molecule has 2 aliphatic rings. The van der Waals surface area contributed by atoms with Gasteiger partial charge in [0, 0.05) is 30.9 Å². The minimum atomic E-state index is 0.523. The third-order valence-corrected chi connectivity index (χ3v) is 4.19. The molecule has 108 valence electrons. The number of nitriles is 1. The number of hydrogen-bond acceptors (Lipinski definition) is 6. The van der Waals surface area contributed by atoms with E-state index in [1.54, 1.807) is 6.20 Å². The summed E-state index contributed by atoms with van der Waals surface area (Å²) in [4.78, 5) is 4.57. The number of morpholine rings is 1. The van der Waals surface area contributed by atoms with Crippen molar-refractivity contribution in [2.45, 2.75) is 13.3 Å². The molecule has 0 atom stereocenters. The monoisotopic (exact) mass is 284 g/mol. The minimum Gasteiger partial charge on any atom is -0.379 e. The van der Waals surface area contributed by atoms with Crippen LogP contribution in [0.25, 0.3) is 5.65 Å². The molecule has 4 rings (SSSR count). The van der Waals surface area contributed by atoms with Crippen LogP contribution >= 0.6 is 0 Å². The Bertz CT molecular complexity index is 740. The molecule has 0 aromatic carbocycles. The first-order valence-corrected chi connectivity index (χ1v) is 7.17. The molecule has 0 amide bonds. The lowest BCUT2D eigenvalue weighted by Crippen LogP contribution is -2.48. The van der Waals surface area contributed by atoms with Gasteiger partial charge in [0.15, 0.2) is 11.5 Å². The van der Waals surface area contributed by atoms with Crippen LogP contribution in [-0.4, -0.2) is 52.5 Å². The van der Waals surface area contributed by atoms with Gasteiger partial charge in [-0.3, -0.25) is 5.01 Å². The SMILES string of the molecule is Cc1nc2c(C#N)cnn2c2c1CCN2N1CCOCC1. The predicted molar refractivity (Wildman–Crippen MR) is 75.9 cm³/mol. The number of hydrazine groups is 1. The number of ether oxygens (including phenoxy) is 1. The first-order valence-electron chi connectivity index (χ1n) is 7.17. The standard InChI is InChI=1S/C14H16N6O/c1-10-12-2-3-19(18-4-6-21-7-5-18)14(12)20-13(17-10)11(8-15)9-16-20/h9H,2-7H2,1H3. The lowest BCUT2D eigenvalue weighted by atomic mass is 10.2. The number of rotatable bonds is 1. The second-order valence-corrected chi connectivity index (χ2v) is 5.34. The number of hydrogen-bond donors (Lipinski definition) is 0. The molecule has 0 spiro atoms. The molecule has 0 saturated carbocycles. The minimum absolute atomic E-state index is 0.523. The predicted octanol–water partition coefficient (Wildman–Crippen LogP) is 0.519. The topological polar surface area (TPSA) is 69.7 Å². The van der Waals surface area contributed by atoms with Crippen molar-refractivity contribution >= 4 is 11.5 Å². The number of fused-ring (bicyclic) bond motifs is 3. The largest absolute Gasteiger partial charge is 0.379 e. The summed E-state index contributed by atoms with van der Waals surface area (Å²) in [6.45, 7) is 6.21. The molecule has 2 aliphatic heterocycles. The average molecular weight is 284 g/mol. The lowest BCUT2D eigenvalue weighted by molar-refractivity contribution is 0.0323. The Balaban J connectivity index is 1.88. The Kier molecular flexibility index (Phi) is 2.80. The van der Waals surface area contributed by atoms with Gasteiger partial charge in [0.25, 0.3) is 0 Å². The smallest absolute Gasteiger partial charge is 0.175 e. The van der Waals surface area contributed by atoms with Crippen LogP contribution in [0.2, 0.25) is 0 Å². The third kappa shape index (κ3) is 1.80. The molecule has 1 saturated heterocycles. The zero-order valence-electron chi connectivity index (χ0n) is 11.9. The Hall–Kier alpha value is -2.17. The number of aryl methyl sites for hydroxylation is 1. The molecule has 7 nitrogen and oxygen atoms in total. The molecule has 0 unspecified atom stereocenters. The van der Waals surface area contributed by atoms with Crippen LogP contribution in [0, 0.1) is 18.3 Å².